The first kappa shape index (κ1) is 15.0. The van der Waals surface area contributed by atoms with Crippen LogP contribution < -0.4 is 10.5 Å². The number of aliphatic hydroxyl groups is 1. The molecular formula is C13H16N2O3S2. The van der Waals surface area contributed by atoms with Gasteiger partial charge in [0.2, 0.25) is 10.0 Å². The van der Waals surface area contributed by atoms with E-state index >= 15 is 0 Å². The predicted octanol–water partition coefficient (Wildman–Crippen LogP) is 1.65. The van der Waals surface area contributed by atoms with Gasteiger partial charge in [0.15, 0.2) is 0 Å². The second kappa shape index (κ2) is 5.92. The smallest absolute Gasteiger partial charge is 0.242 e. The summed E-state index contributed by atoms with van der Waals surface area (Å²) in [6.07, 6.45) is -0.873. The molecule has 1 heterocycles. The second-order valence-corrected chi connectivity index (χ2v) is 6.98. The van der Waals surface area contributed by atoms with E-state index in [0.29, 0.717) is 5.56 Å². The molecule has 0 bridgehead atoms. The maximum absolute atomic E-state index is 12.1. The van der Waals surface area contributed by atoms with Crippen LogP contribution in [0.25, 0.3) is 0 Å². The van der Waals surface area contributed by atoms with Crippen molar-refractivity contribution in [3.8, 4) is 0 Å². The lowest BCUT2D eigenvalue weighted by Crippen LogP contribution is -2.29. The van der Waals surface area contributed by atoms with Crippen LogP contribution in [0.2, 0.25) is 0 Å². The summed E-state index contributed by atoms with van der Waals surface area (Å²) in [6, 6.07) is 6.50. The van der Waals surface area contributed by atoms with Gasteiger partial charge in [-0.1, -0.05) is 6.07 Å². The fraction of sp³-hybridized carbons (Fsp3) is 0.231. The van der Waals surface area contributed by atoms with Crippen LogP contribution in [0.15, 0.2) is 39.9 Å². The van der Waals surface area contributed by atoms with Crippen molar-refractivity contribution >= 4 is 27.0 Å². The zero-order valence-corrected chi connectivity index (χ0v) is 12.5. The van der Waals surface area contributed by atoms with E-state index in [0.717, 1.165) is 5.56 Å². The van der Waals surface area contributed by atoms with Crippen LogP contribution in [-0.4, -0.2) is 20.1 Å². The number of aryl methyl sites for hydroxylation is 1. The number of nitrogens with two attached hydrogens (primary N) is 1. The standard InChI is InChI=1S/C13H16N2O3S2/c1-9-2-3-13(11(14)6-9)20(17,18)15-7-12(16)10-4-5-19-8-10/h2-6,8,12,15-16H,7,14H2,1H3. The highest BCUT2D eigenvalue weighted by molar-refractivity contribution is 7.89. The summed E-state index contributed by atoms with van der Waals surface area (Å²) in [4.78, 5) is 0.0284. The lowest BCUT2D eigenvalue weighted by Gasteiger charge is -2.12. The number of hydrogen-bond acceptors (Lipinski definition) is 5. The summed E-state index contributed by atoms with van der Waals surface area (Å²) in [6.45, 7) is 1.74. The van der Waals surface area contributed by atoms with E-state index in [2.05, 4.69) is 4.72 Å². The van der Waals surface area contributed by atoms with Gasteiger partial charge < -0.3 is 10.8 Å². The Bertz CT molecular complexity index is 682. The molecular weight excluding hydrogens is 296 g/mol. The van der Waals surface area contributed by atoms with Crippen LogP contribution >= 0.6 is 11.3 Å². The molecule has 4 N–H and O–H groups in total. The third kappa shape index (κ3) is 3.37. The molecule has 0 saturated carbocycles. The molecule has 0 aliphatic rings. The summed E-state index contributed by atoms with van der Waals surface area (Å²) in [5.74, 6) is 0. The molecule has 1 aromatic carbocycles. The van der Waals surface area contributed by atoms with E-state index in [-0.39, 0.29) is 17.1 Å². The molecule has 0 radical (unpaired) electrons. The molecule has 2 rings (SSSR count). The van der Waals surface area contributed by atoms with Crippen LogP contribution in [0.3, 0.4) is 0 Å². The van der Waals surface area contributed by atoms with E-state index in [4.69, 9.17) is 5.73 Å². The average Bonchev–Trinajstić information content (AvgIpc) is 2.89. The Balaban J connectivity index is 2.11. The first-order chi connectivity index (χ1) is 9.40. The molecule has 20 heavy (non-hydrogen) atoms. The van der Waals surface area contributed by atoms with Crippen LogP contribution in [-0.2, 0) is 10.0 Å². The summed E-state index contributed by atoms with van der Waals surface area (Å²) < 4.78 is 26.6. The van der Waals surface area contributed by atoms with Gasteiger partial charge in [0.1, 0.15) is 4.90 Å². The molecule has 0 amide bonds. The molecule has 1 atom stereocenters. The Morgan fingerprint density at radius 1 is 1.40 bits per heavy atom. The number of rotatable bonds is 5. The number of sulfonamides is 1. The van der Waals surface area contributed by atoms with E-state index in [1.165, 1.54) is 17.4 Å². The van der Waals surface area contributed by atoms with E-state index < -0.39 is 16.1 Å². The molecule has 0 aliphatic heterocycles. The fourth-order valence-corrected chi connectivity index (χ4v) is 3.62. The minimum Gasteiger partial charge on any atom is -0.398 e. The van der Waals surface area contributed by atoms with Crippen LogP contribution in [0, 0.1) is 6.92 Å². The van der Waals surface area contributed by atoms with Crippen molar-refractivity contribution in [3.05, 3.63) is 46.2 Å². The fourth-order valence-electron chi connectivity index (χ4n) is 1.76. The molecule has 108 valence electrons. The van der Waals surface area contributed by atoms with Gasteiger partial charge in [0, 0.05) is 6.54 Å². The summed E-state index contributed by atoms with van der Waals surface area (Å²) >= 11 is 1.44. The number of hydrogen-bond donors (Lipinski definition) is 3. The molecule has 0 aliphatic carbocycles. The highest BCUT2D eigenvalue weighted by Gasteiger charge is 2.19. The Labute approximate surface area is 122 Å². The van der Waals surface area contributed by atoms with Gasteiger partial charge in [-0.15, -0.1) is 0 Å². The predicted molar refractivity (Wildman–Crippen MR) is 80.1 cm³/mol. The average molecular weight is 312 g/mol. The zero-order chi connectivity index (χ0) is 14.8. The van der Waals surface area contributed by atoms with Crippen molar-refractivity contribution in [2.45, 2.75) is 17.9 Å². The van der Waals surface area contributed by atoms with Crippen molar-refractivity contribution < 1.29 is 13.5 Å². The van der Waals surface area contributed by atoms with Crippen LogP contribution in [0.5, 0.6) is 0 Å². The maximum Gasteiger partial charge on any atom is 0.242 e. The van der Waals surface area contributed by atoms with E-state index in [1.54, 1.807) is 23.6 Å². The number of nitrogen functional groups attached to an aromatic ring is 1. The number of aliphatic hydroxyl groups excluding tert-OH is 1. The minimum atomic E-state index is -3.73. The highest BCUT2D eigenvalue weighted by Crippen LogP contribution is 2.20. The van der Waals surface area contributed by atoms with Gasteiger partial charge in [0.25, 0.3) is 0 Å². The second-order valence-electron chi connectivity index (χ2n) is 4.47. The Kier molecular flexibility index (Phi) is 4.44. The Hall–Kier alpha value is -1.41. The normalized spacial score (nSPS) is 13.3. The van der Waals surface area contributed by atoms with E-state index in [1.807, 2.05) is 12.3 Å². The number of thiophene rings is 1. The molecule has 7 heteroatoms. The zero-order valence-electron chi connectivity index (χ0n) is 10.9. The van der Waals surface area contributed by atoms with Crippen LogP contribution in [0.4, 0.5) is 5.69 Å². The van der Waals surface area contributed by atoms with Gasteiger partial charge in [-0.2, -0.15) is 11.3 Å². The van der Waals surface area contributed by atoms with Gasteiger partial charge in [-0.3, -0.25) is 0 Å². The van der Waals surface area contributed by atoms with Gasteiger partial charge >= 0.3 is 0 Å². The molecule has 1 unspecified atom stereocenters. The largest absolute Gasteiger partial charge is 0.398 e. The Morgan fingerprint density at radius 3 is 2.75 bits per heavy atom. The maximum atomic E-state index is 12.1. The highest BCUT2D eigenvalue weighted by atomic mass is 32.2. The summed E-state index contributed by atoms with van der Waals surface area (Å²) in [7, 11) is -3.73. The molecule has 1 aromatic heterocycles. The molecule has 0 fully saturated rings. The van der Waals surface area contributed by atoms with Gasteiger partial charge in [-0.05, 0) is 47.0 Å². The Morgan fingerprint density at radius 2 is 2.15 bits per heavy atom. The van der Waals surface area contributed by atoms with Crippen molar-refractivity contribution in [1.82, 2.24) is 4.72 Å². The van der Waals surface area contributed by atoms with Crippen LogP contribution in [0.1, 0.15) is 17.2 Å². The molecule has 2 aromatic rings. The van der Waals surface area contributed by atoms with Gasteiger partial charge in [-0.25, -0.2) is 13.1 Å². The van der Waals surface area contributed by atoms with Crippen molar-refractivity contribution in [3.63, 3.8) is 0 Å². The monoisotopic (exact) mass is 312 g/mol. The number of benzene rings is 1. The molecule has 0 saturated heterocycles. The molecule has 5 nitrogen and oxygen atoms in total. The molecule has 0 spiro atoms. The quantitative estimate of drug-likeness (QED) is 0.732. The first-order valence-corrected chi connectivity index (χ1v) is 8.39. The SMILES string of the molecule is Cc1ccc(S(=O)(=O)NCC(O)c2ccsc2)c(N)c1. The number of anilines is 1. The summed E-state index contributed by atoms with van der Waals surface area (Å²) in [5.41, 5.74) is 7.50. The van der Waals surface area contributed by atoms with Crippen molar-refractivity contribution in [2.75, 3.05) is 12.3 Å². The minimum absolute atomic E-state index is 0.0284. The van der Waals surface area contributed by atoms with Crippen molar-refractivity contribution in [2.24, 2.45) is 0 Å². The van der Waals surface area contributed by atoms with E-state index in [9.17, 15) is 13.5 Å². The summed E-state index contributed by atoms with van der Waals surface area (Å²) in [5, 5.41) is 13.5. The van der Waals surface area contributed by atoms with Crippen molar-refractivity contribution in [1.29, 1.82) is 0 Å². The topological polar surface area (TPSA) is 92.4 Å². The lowest BCUT2D eigenvalue weighted by molar-refractivity contribution is 0.182. The third-order valence-electron chi connectivity index (χ3n) is 2.85. The number of nitrogens with one attached hydrogen (secondary N) is 1. The first-order valence-electron chi connectivity index (χ1n) is 5.96. The van der Waals surface area contributed by atoms with Gasteiger partial charge in [0.05, 0.1) is 11.8 Å². The lowest BCUT2D eigenvalue weighted by atomic mass is 10.2. The third-order valence-corrected chi connectivity index (χ3v) is 5.05.